The minimum absolute atomic E-state index is 0.194. The van der Waals surface area contributed by atoms with Gasteiger partial charge in [0.2, 0.25) is 0 Å². The minimum Gasteiger partial charge on any atom is -0.379 e. The van der Waals surface area contributed by atoms with Gasteiger partial charge in [-0.3, -0.25) is 0 Å². The largest absolute Gasteiger partial charge is 0.379 e. The Balaban J connectivity index is 0.000000292. The van der Waals surface area contributed by atoms with Crippen LogP contribution in [0.25, 0.3) is 44.2 Å². The molecule has 0 bridgehead atoms. The Labute approximate surface area is 231 Å². The number of benzene rings is 5. The molecule has 1 unspecified atom stereocenters. The molecule has 39 heavy (non-hydrogen) atoms. The Hall–Kier alpha value is -4.82. The third kappa shape index (κ3) is 5.86. The molecule has 1 atom stereocenters. The maximum atomic E-state index is 4.31. The number of aromatic nitrogens is 1. The molecule has 1 heterocycles. The Morgan fingerprint density at radius 3 is 2.00 bits per heavy atom. The third-order valence-corrected chi connectivity index (χ3v) is 7.01. The summed E-state index contributed by atoms with van der Waals surface area (Å²) in [4.78, 5) is 3.54. The van der Waals surface area contributed by atoms with Crippen LogP contribution in [-0.2, 0) is 0 Å². The number of fused-ring (bicyclic) bond motifs is 3. The normalized spacial score (nSPS) is 11.4. The summed E-state index contributed by atoms with van der Waals surface area (Å²) in [7, 11) is 0. The van der Waals surface area contributed by atoms with Crippen LogP contribution in [0, 0.1) is 0 Å². The zero-order valence-electron chi connectivity index (χ0n) is 22.6. The molecule has 0 radical (unpaired) electrons. The van der Waals surface area contributed by atoms with Crippen LogP contribution >= 0.6 is 0 Å². The summed E-state index contributed by atoms with van der Waals surface area (Å²) in [5, 5.41) is 6.07. The lowest BCUT2D eigenvalue weighted by molar-refractivity contribution is 0.702. The van der Waals surface area contributed by atoms with Gasteiger partial charge in [0.1, 0.15) is 0 Å². The van der Waals surface area contributed by atoms with E-state index in [9.17, 15) is 0 Å². The van der Waals surface area contributed by atoms with Gasteiger partial charge in [-0.25, -0.2) is 0 Å². The van der Waals surface area contributed by atoms with Gasteiger partial charge in [0.25, 0.3) is 0 Å². The van der Waals surface area contributed by atoms with Gasteiger partial charge in [0, 0.05) is 33.5 Å². The van der Waals surface area contributed by atoms with Crippen molar-refractivity contribution in [2.45, 2.75) is 19.9 Å². The first-order valence-corrected chi connectivity index (χ1v) is 13.3. The van der Waals surface area contributed by atoms with Crippen molar-refractivity contribution in [1.29, 1.82) is 0 Å². The number of allylic oxidation sites excluding steroid dienone is 1. The van der Waals surface area contributed by atoms with E-state index in [1.165, 1.54) is 38.5 Å². The number of H-pyrrole nitrogens is 1. The molecular weight excluding hydrogens is 472 g/mol. The van der Waals surface area contributed by atoms with E-state index in [4.69, 9.17) is 0 Å². The molecule has 2 N–H and O–H groups in total. The van der Waals surface area contributed by atoms with Crippen molar-refractivity contribution < 1.29 is 0 Å². The lowest BCUT2D eigenvalue weighted by Crippen LogP contribution is -2.16. The van der Waals surface area contributed by atoms with Gasteiger partial charge >= 0.3 is 0 Å². The van der Waals surface area contributed by atoms with E-state index in [1.54, 1.807) is 0 Å². The number of aromatic amines is 1. The molecule has 2 nitrogen and oxygen atoms in total. The predicted octanol–water partition coefficient (Wildman–Crippen LogP) is 10.0. The minimum atomic E-state index is 0.194. The molecule has 1 aromatic heterocycles. The Kier molecular flexibility index (Phi) is 7.75. The topological polar surface area (TPSA) is 27.8 Å². The summed E-state index contributed by atoms with van der Waals surface area (Å²) in [5.74, 6) is 0. The van der Waals surface area contributed by atoms with E-state index < -0.39 is 0 Å². The molecule has 0 aliphatic heterocycles. The molecule has 0 amide bonds. The van der Waals surface area contributed by atoms with Gasteiger partial charge in [0.05, 0.1) is 0 Å². The maximum absolute atomic E-state index is 4.31. The number of nitrogens with one attached hydrogen (secondary N) is 2. The van der Waals surface area contributed by atoms with Crippen LogP contribution in [0.2, 0.25) is 0 Å². The highest BCUT2D eigenvalue weighted by Gasteiger charge is 2.12. The lowest BCUT2D eigenvalue weighted by atomic mass is 9.97. The van der Waals surface area contributed by atoms with Gasteiger partial charge in [0.15, 0.2) is 0 Å². The van der Waals surface area contributed by atoms with E-state index in [-0.39, 0.29) is 6.04 Å². The zero-order valence-corrected chi connectivity index (χ0v) is 22.6. The second-order valence-electron chi connectivity index (χ2n) is 9.88. The molecular formula is C37H34N2. The molecule has 0 spiro atoms. The number of hydrogen-bond donors (Lipinski definition) is 2. The van der Waals surface area contributed by atoms with E-state index in [2.05, 4.69) is 134 Å². The van der Waals surface area contributed by atoms with Crippen molar-refractivity contribution in [3.63, 3.8) is 0 Å². The van der Waals surface area contributed by atoms with Crippen LogP contribution in [0.1, 0.15) is 36.6 Å². The van der Waals surface area contributed by atoms with Crippen LogP contribution < -0.4 is 5.32 Å². The molecule has 2 heteroatoms. The average molecular weight is 507 g/mol. The fourth-order valence-corrected chi connectivity index (χ4v) is 4.91. The van der Waals surface area contributed by atoms with Gasteiger partial charge in [-0.15, -0.1) is 0 Å². The monoisotopic (exact) mass is 506 g/mol. The fourth-order valence-electron chi connectivity index (χ4n) is 4.91. The number of rotatable bonds is 6. The molecule has 6 rings (SSSR count). The first-order valence-electron chi connectivity index (χ1n) is 13.3. The van der Waals surface area contributed by atoms with E-state index in [0.717, 1.165) is 22.4 Å². The molecule has 0 saturated carbocycles. The average Bonchev–Trinajstić information content (AvgIpc) is 3.37. The molecule has 0 aliphatic rings. The SMILES string of the molecule is C=C(C)c1ccccc1.C=C(NC(C)c1ccccc1)c1cccc(-c2cccc3[nH]c4ccccc4c23)c1. The highest BCUT2D eigenvalue weighted by Crippen LogP contribution is 2.35. The van der Waals surface area contributed by atoms with Crippen LogP contribution in [0.4, 0.5) is 0 Å². The summed E-state index contributed by atoms with van der Waals surface area (Å²) in [6, 6.07) is 44.4. The first kappa shape index (κ1) is 25.8. The molecule has 5 aromatic carbocycles. The third-order valence-electron chi connectivity index (χ3n) is 7.01. The maximum Gasteiger partial charge on any atom is 0.0485 e. The Morgan fingerprint density at radius 1 is 0.667 bits per heavy atom. The van der Waals surface area contributed by atoms with Crippen molar-refractivity contribution in [2.24, 2.45) is 0 Å². The van der Waals surface area contributed by atoms with Gasteiger partial charge in [-0.1, -0.05) is 128 Å². The van der Waals surface area contributed by atoms with E-state index >= 15 is 0 Å². The van der Waals surface area contributed by atoms with Crippen molar-refractivity contribution in [1.82, 2.24) is 10.3 Å². The van der Waals surface area contributed by atoms with Crippen molar-refractivity contribution in [3.05, 3.63) is 157 Å². The lowest BCUT2D eigenvalue weighted by Gasteiger charge is -2.18. The van der Waals surface area contributed by atoms with Crippen LogP contribution in [-0.4, -0.2) is 4.98 Å². The molecule has 0 saturated heterocycles. The summed E-state index contributed by atoms with van der Waals surface area (Å²) < 4.78 is 0. The summed E-state index contributed by atoms with van der Waals surface area (Å²) in [6.45, 7) is 12.3. The molecule has 6 aromatic rings. The highest BCUT2D eigenvalue weighted by atomic mass is 14.9. The molecule has 192 valence electrons. The Morgan fingerprint density at radius 2 is 1.28 bits per heavy atom. The quantitative estimate of drug-likeness (QED) is 0.231. The van der Waals surface area contributed by atoms with Crippen molar-refractivity contribution in [2.75, 3.05) is 0 Å². The van der Waals surface area contributed by atoms with Gasteiger partial charge in [-0.05, 0) is 59.9 Å². The van der Waals surface area contributed by atoms with Crippen LogP contribution in [0.5, 0.6) is 0 Å². The Bertz CT molecular complexity index is 1730. The zero-order chi connectivity index (χ0) is 27.2. The standard InChI is InChI=1S/C28H24N2.C9H10/c1-19(21-10-4-3-5-11-21)29-20(2)22-12-8-13-23(18-22)24-15-9-17-27-28(24)25-14-6-7-16-26(25)30-27;1-8(2)9-6-4-3-5-7-9/h3-19,29-30H,2H2,1H3;3-7H,1H2,2H3. The van der Waals surface area contributed by atoms with Crippen molar-refractivity contribution >= 4 is 33.1 Å². The van der Waals surface area contributed by atoms with E-state index in [1.807, 2.05) is 31.2 Å². The van der Waals surface area contributed by atoms with Crippen molar-refractivity contribution in [3.8, 4) is 11.1 Å². The second kappa shape index (κ2) is 11.7. The van der Waals surface area contributed by atoms with E-state index in [0.29, 0.717) is 0 Å². The first-order chi connectivity index (χ1) is 19.0. The summed E-state index contributed by atoms with van der Waals surface area (Å²) in [6.07, 6.45) is 0. The molecule has 0 aliphatic carbocycles. The van der Waals surface area contributed by atoms with Gasteiger partial charge < -0.3 is 10.3 Å². The fraction of sp³-hybridized carbons (Fsp3) is 0.0811. The highest BCUT2D eigenvalue weighted by molar-refractivity contribution is 6.14. The predicted molar refractivity (Wildman–Crippen MR) is 169 cm³/mol. The molecule has 0 fully saturated rings. The smallest absolute Gasteiger partial charge is 0.0485 e. The number of hydrogen-bond acceptors (Lipinski definition) is 1. The second-order valence-corrected chi connectivity index (χ2v) is 9.88. The van der Waals surface area contributed by atoms with Gasteiger partial charge in [-0.2, -0.15) is 0 Å². The van der Waals surface area contributed by atoms with Crippen LogP contribution in [0.15, 0.2) is 141 Å². The summed E-state index contributed by atoms with van der Waals surface area (Å²) in [5.41, 5.74) is 10.4. The van der Waals surface area contributed by atoms with Crippen LogP contribution in [0.3, 0.4) is 0 Å². The summed E-state index contributed by atoms with van der Waals surface area (Å²) >= 11 is 0. The number of para-hydroxylation sites is 1.